The van der Waals surface area contributed by atoms with Gasteiger partial charge in [0.2, 0.25) is 0 Å². The molecule has 0 saturated heterocycles. The second-order valence-electron chi connectivity index (χ2n) is 8.78. The van der Waals surface area contributed by atoms with E-state index in [0.717, 1.165) is 5.56 Å². The molecule has 0 N–H and O–H groups in total. The number of ether oxygens (including phenoxy) is 2. The van der Waals surface area contributed by atoms with Crippen LogP contribution in [-0.2, 0) is 16.1 Å². The fourth-order valence-electron chi connectivity index (χ4n) is 4.40. The van der Waals surface area contributed by atoms with E-state index < -0.39 is 12.0 Å². The van der Waals surface area contributed by atoms with E-state index in [9.17, 15) is 14.0 Å². The maximum absolute atomic E-state index is 14.0. The van der Waals surface area contributed by atoms with E-state index >= 15 is 0 Å². The minimum Gasteiger partial charge on any atom is -0.489 e. The maximum atomic E-state index is 14.0. The molecule has 1 aliphatic rings. The number of carbonyl (C=O) groups is 1. The van der Waals surface area contributed by atoms with Gasteiger partial charge in [0.15, 0.2) is 4.80 Å². The molecular weight excluding hydrogens is 539 g/mol. The number of rotatable bonds is 7. The number of carbonyl (C=O) groups excluding carboxylic acids is 1. The van der Waals surface area contributed by atoms with Gasteiger partial charge in [-0.15, -0.1) is 0 Å². The molecule has 6 nitrogen and oxygen atoms in total. The van der Waals surface area contributed by atoms with Gasteiger partial charge in [-0.3, -0.25) is 9.36 Å². The molecule has 3 aromatic carbocycles. The van der Waals surface area contributed by atoms with Crippen molar-refractivity contribution in [2.45, 2.75) is 26.5 Å². The highest BCUT2D eigenvalue weighted by Crippen LogP contribution is 2.34. The van der Waals surface area contributed by atoms with Crippen molar-refractivity contribution in [2.24, 2.45) is 4.99 Å². The van der Waals surface area contributed by atoms with Gasteiger partial charge >= 0.3 is 5.97 Å². The number of halogens is 2. The van der Waals surface area contributed by atoms with Crippen LogP contribution in [0.4, 0.5) is 4.39 Å². The average Bonchev–Trinajstić information content (AvgIpc) is 3.22. The van der Waals surface area contributed by atoms with Crippen LogP contribution in [0.1, 0.15) is 36.6 Å². The molecule has 1 aliphatic heterocycles. The third-order valence-corrected chi connectivity index (χ3v) is 7.55. The first-order valence-electron chi connectivity index (χ1n) is 12.3. The quantitative estimate of drug-likeness (QED) is 0.291. The Kier molecular flexibility index (Phi) is 7.77. The smallest absolute Gasteiger partial charge is 0.338 e. The monoisotopic (exact) mass is 562 g/mol. The van der Waals surface area contributed by atoms with E-state index in [0.29, 0.717) is 36.9 Å². The molecule has 4 aromatic rings. The van der Waals surface area contributed by atoms with Gasteiger partial charge in [-0.05, 0) is 55.3 Å². The molecular formula is C30H24ClFN2O4S. The summed E-state index contributed by atoms with van der Waals surface area (Å²) in [5.74, 6) is -0.341. The summed E-state index contributed by atoms with van der Waals surface area (Å²) in [6.07, 6.45) is 1.74. The fraction of sp³-hybridized carbons (Fsp3) is 0.167. The van der Waals surface area contributed by atoms with Gasteiger partial charge < -0.3 is 9.47 Å². The van der Waals surface area contributed by atoms with Crippen molar-refractivity contribution in [3.8, 4) is 5.75 Å². The number of thiazole rings is 1. The minimum atomic E-state index is -0.786. The Morgan fingerprint density at radius 1 is 1.13 bits per heavy atom. The molecule has 0 saturated carbocycles. The predicted molar refractivity (Wildman–Crippen MR) is 149 cm³/mol. The van der Waals surface area contributed by atoms with Crippen LogP contribution < -0.4 is 19.6 Å². The molecule has 9 heteroatoms. The summed E-state index contributed by atoms with van der Waals surface area (Å²) in [6, 6.07) is 19.9. The second kappa shape index (κ2) is 11.4. The number of hydrogen-bond acceptors (Lipinski definition) is 6. The molecule has 0 unspecified atom stereocenters. The van der Waals surface area contributed by atoms with Crippen LogP contribution >= 0.6 is 22.9 Å². The molecule has 0 aliphatic carbocycles. The van der Waals surface area contributed by atoms with Gasteiger partial charge in [0.25, 0.3) is 5.56 Å². The van der Waals surface area contributed by atoms with Crippen molar-refractivity contribution >= 4 is 35.0 Å². The lowest BCUT2D eigenvalue weighted by molar-refractivity contribution is -0.139. The van der Waals surface area contributed by atoms with Crippen molar-refractivity contribution in [1.82, 2.24) is 4.57 Å². The fourth-order valence-corrected chi connectivity index (χ4v) is 5.69. The number of benzene rings is 3. The molecule has 1 aromatic heterocycles. The Hall–Kier alpha value is -4.01. The zero-order valence-electron chi connectivity index (χ0n) is 21.2. The lowest BCUT2D eigenvalue weighted by atomic mass is 9.96. The van der Waals surface area contributed by atoms with Crippen molar-refractivity contribution in [1.29, 1.82) is 0 Å². The van der Waals surface area contributed by atoms with Crippen LogP contribution in [-0.4, -0.2) is 17.1 Å². The van der Waals surface area contributed by atoms with E-state index in [1.54, 1.807) is 74.5 Å². The van der Waals surface area contributed by atoms with E-state index in [1.807, 2.05) is 12.1 Å². The normalized spacial score (nSPS) is 15.1. The van der Waals surface area contributed by atoms with Crippen LogP contribution in [0.25, 0.3) is 6.08 Å². The second-order valence-corrected chi connectivity index (χ2v) is 10.2. The highest BCUT2D eigenvalue weighted by molar-refractivity contribution is 7.07. The number of aromatic nitrogens is 1. The zero-order chi connectivity index (χ0) is 27.5. The molecule has 0 spiro atoms. The Balaban J connectivity index is 1.56. The maximum Gasteiger partial charge on any atom is 0.338 e. The van der Waals surface area contributed by atoms with Crippen LogP contribution in [0.3, 0.4) is 0 Å². The summed E-state index contributed by atoms with van der Waals surface area (Å²) < 4.78 is 27.0. The van der Waals surface area contributed by atoms with Gasteiger partial charge in [-0.2, -0.15) is 0 Å². The van der Waals surface area contributed by atoms with Crippen LogP contribution in [0.5, 0.6) is 5.75 Å². The number of hydrogen-bond donors (Lipinski definition) is 0. The van der Waals surface area contributed by atoms with E-state index in [4.69, 9.17) is 21.1 Å². The highest BCUT2D eigenvalue weighted by Gasteiger charge is 2.34. The zero-order valence-corrected chi connectivity index (χ0v) is 22.8. The van der Waals surface area contributed by atoms with E-state index in [1.165, 1.54) is 22.0 Å². The van der Waals surface area contributed by atoms with Crippen LogP contribution in [0.2, 0.25) is 5.02 Å². The molecule has 1 atom stereocenters. The number of allylic oxidation sites excluding steroid dienone is 1. The summed E-state index contributed by atoms with van der Waals surface area (Å²) in [7, 11) is 0. The first-order valence-corrected chi connectivity index (χ1v) is 13.5. The SMILES string of the molecule is CCOC(=O)C1=C(C)N=c2s/c(=C\c3cccc(OCc4ccccc4F)c3)c(=O)n2[C@@H]1c1ccccc1Cl. The van der Waals surface area contributed by atoms with E-state index in [-0.39, 0.29) is 30.2 Å². The summed E-state index contributed by atoms with van der Waals surface area (Å²) in [5, 5.41) is 0.424. The molecule has 0 bridgehead atoms. The van der Waals surface area contributed by atoms with Crippen molar-refractivity contribution < 1.29 is 18.7 Å². The summed E-state index contributed by atoms with van der Waals surface area (Å²) in [5.41, 5.74) is 2.20. The lowest BCUT2D eigenvalue weighted by Gasteiger charge is -2.25. The summed E-state index contributed by atoms with van der Waals surface area (Å²) in [6.45, 7) is 3.71. The molecule has 198 valence electrons. The standard InChI is InChI=1S/C30H24ClFN2O4S/c1-3-37-29(36)26-18(2)33-30-34(27(26)22-12-5-6-13-23(22)31)28(35)25(39-30)16-19-9-8-11-21(15-19)38-17-20-10-4-7-14-24(20)32/h4-16,27H,3,17H2,1-2H3/b25-16-/t27-/m1/s1. The van der Waals surface area contributed by atoms with Gasteiger partial charge in [0.1, 0.15) is 24.2 Å². The number of fused-ring (bicyclic) bond motifs is 1. The first kappa shape index (κ1) is 26.6. The summed E-state index contributed by atoms with van der Waals surface area (Å²) in [4.78, 5) is 31.8. The van der Waals surface area contributed by atoms with E-state index in [2.05, 4.69) is 4.99 Å². The number of nitrogens with zero attached hydrogens (tertiary/aromatic N) is 2. The Morgan fingerprint density at radius 3 is 2.67 bits per heavy atom. The van der Waals surface area contributed by atoms with Crippen molar-refractivity contribution in [3.05, 3.63) is 131 Å². The Morgan fingerprint density at radius 2 is 1.90 bits per heavy atom. The third-order valence-electron chi connectivity index (χ3n) is 6.22. The van der Waals surface area contributed by atoms with Gasteiger partial charge in [-0.1, -0.05) is 71.5 Å². The molecule has 2 heterocycles. The molecule has 0 amide bonds. The third kappa shape index (κ3) is 5.44. The Bertz CT molecular complexity index is 1780. The van der Waals surface area contributed by atoms with Gasteiger partial charge in [-0.25, -0.2) is 14.2 Å². The molecule has 5 rings (SSSR count). The van der Waals surface area contributed by atoms with Crippen molar-refractivity contribution in [2.75, 3.05) is 6.61 Å². The van der Waals surface area contributed by atoms with Gasteiger partial charge in [0, 0.05) is 10.6 Å². The highest BCUT2D eigenvalue weighted by atomic mass is 35.5. The van der Waals surface area contributed by atoms with Gasteiger partial charge in [0.05, 0.1) is 22.4 Å². The predicted octanol–water partition coefficient (Wildman–Crippen LogP) is 5.17. The van der Waals surface area contributed by atoms with Crippen LogP contribution in [0.15, 0.2) is 93.9 Å². The largest absolute Gasteiger partial charge is 0.489 e. The summed E-state index contributed by atoms with van der Waals surface area (Å²) >= 11 is 7.76. The minimum absolute atomic E-state index is 0.0755. The van der Waals surface area contributed by atoms with Crippen molar-refractivity contribution in [3.63, 3.8) is 0 Å². The molecule has 0 radical (unpaired) electrons. The first-order chi connectivity index (χ1) is 18.9. The average molecular weight is 563 g/mol. The molecule has 0 fully saturated rings. The molecule has 39 heavy (non-hydrogen) atoms. The topological polar surface area (TPSA) is 69.9 Å². The lowest BCUT2D eigenvalue weighted by Crippen LogP contribution is -2.40. The van der Waals surface area contributed by atoms with Crippen LogP contribution in [0, 0.1) is 5.82 Å². The Labute approximate surface area is 232 Å². The number of esters is 1.